The van der Waals surface area contributed by atoms with Gasteiger partial charge in [-0.1, -0.05) is 12.1 Å². The average molecular weight is 241 g/mol. The van der Waals surface area contributed by atoms with Crippen molar-refractivity contribution in [3.05, 3.63) is 59.7 Å². The molecule has 0 N–H and O–H groups in total. The molecule has 0 fully saturated rings. The van der Waals surface area contributed by atoms with E-state index in [9.17, 15) is 0 Å². The summed E-state index contributed by atoms with van der Waals surface area (Å²) in [5.74, 6) is 0. The highest BCUT2D eigenvalue weighted by molar-refractivity contribution is 5.19. The maximum Gasteiger partial charge on any atom is 0.0417 e. The maximum absolute atomic E-state index is 4.33. The van der Waals surface area contributed by atoms with Gasteiger partial charge in [0.2, 0.25) is 0 Å². The van der Waals surface area contributed by atoms with Crippen LogP contribution in [0.2, 0.25) is 0 Å². The number of aromatic nitrogens is 2. The first-order valence-corrected chi connectivity index (χ1v) is 6.19. The SMILES string of the molecule is Cc1ncccc1CN(C)[C@@H](C)c1cccnc1. The van der Waals surface area contributed by atoms with E-state index in [1.807, 2.05) is 30.7 Å². The van der Waals surface area contributed by atoms with E-state index in [4.69, 9.17) is 0 Å². The molecular weight excluding hydrogens is 222 g/mol. The fraction of sp³-hybridized carbons (Fsp3) is 0.333. The summed E-state index contributed by atoms with van der Waals surface area (Å²) in [6, 6.07) is 8.57. The minimum atomic E-state index is 0.346. The highest BCUT2D eigenvalue weighted by Gasteiger charge is 2.12. The van der Waals surface area contributed by atoms with Gasteiger partial charge in [0.05, 0.1) is 0 Å². The summed E-state index contributed by atoms with van der Waals surface area (Å²) in [4.78, 5) is 10.8. The Bertz CT molecular complexity index is 496. The summed E-state index contributed by atoms with van der Waals surface area (Å²) in [5, 5.41) is 0. The van der Waals surface area contributed by atoms with Crippen molar-refractivity contribution in [2.24, 2.45) is 0 Å². The van der Waals surface area contributed by atoms with Crippen LogP contribution in [0.1, 0.15) is 29.8 Å². The fourth-order valence-electron chi connectivity index (χ4n) is 1.97. The Morgan fingerprint density at radius 1 is 1.22 bits per heavy atom. The van der Waals surface area contributed by atoms with Gasteiger partial charge in [-0.3, -0.25) is 14.9 Å². The van der Waals surface area contributed by atoms with Gasteiger partial charge in [0.25, 0.3) is 0 Å². The summed E-state index contributed by atoms with van der Waals surface area (Å²) in [7, 11) is 2.13. The molecule has 0 aromatic carbocycles. The Morgan fingerprint density at radius 2 is 2.00 bits per heavy atom. The zero-order valence-corrected chi connectivity index (χ0v) is 11.2. The van der Waals surface area contributed by atoms with E-state index in [1.165, 1.54) is 11.1 Å². The fourth-order valence-corrected chi connectivity index (χ4v) is 1.97. The topological polar surface area (TPSA) is 29.0 Å². The van der Waals surface area contributed by atoms with Crippen LogP contribution in [-0.2, 0) is 6.54 Å². The van der Waals surface area contributed by atoms with E-state index in [0.29, 0.717) is 6.04 Å². The van der Waals surface area contributed by atoms with Gasteiger partial charge in [-0.2, -0.15) is 0 Å². The molecule has 2 heterocycles. The lowest BCUT2D eigenvalue weighted by Gasteiger charge is -2.25. The van der Waals surface area contributed by atoms with Gasteiger partial charge in [-0.15, -0.1) is 0 Å². The molecule has 3 nitrogen and oxygen atoms in total. The predicted molar refractivity (Wildman–Crippen MR) is 73.1 cm³/mol. The second-order valence-corrected chi connectivity index (χ2v) is 4.63. The third-order valence-electron chi connectivity index (χ3n) is 3.36. The summed E-state index contributed by atoms with van der Waals surface area (Å²) in [6.45, 7) is 5.15. The van der Waals surface area contributed by atoms with Gasteiger partial charge >= 0.3 is 0 Å². The largest absolute Gasteiger partial charge is 0.295 e. The van der Waals surface area contributed by atoms with Gasteiger partial charge in [-0.25, -0.2) is 0 Å². The van der Waals surface area contributed by atoms with Gasteiger partial charge in [-0.05, 0) is 44.2 Å². The van der Waals surface area contributed by atoms with Crippen molar-refractivity contribution in [1.29, 1.82) is 0 Å². The number of hydrogen-bond acceptors (Lipinski definition) is 3. The lowest BCUT2D eigenvalue weighted by atomic mass is 10.1. The van der Waals surface area contributed by atoms with Crippen LogP contribution in [0.5, 0.6) is 0 Å². The molecule has 94 valence electrons. The molecule has 0 spiro atoms. The summed E-state index contributed by atoms with van der Waals surface area (Å²) in [6.07, 6.45) is 5.57. The molecule has 0 aliphatic rings. The van der Waals surface area contributed by atoms with Crippen molar-refractivity contribution < 1.29 is 0 Å². The number of hydrogen-bond donors (Lipinski definition) is 0. The lowest BCUT2D eigenvalue weighted by molar-refractivity contribution is 0.252. The normalized spacial score (nSPS) is 12.7. The molecule has 1 atom stereocenters. The van der Waals surface area contributed by atoms with E-state index in [0.717, 1.165) is 12.2 Å². The minimum absolute atomic E-state index is 0.346. The van der Waals surface area contributed by atoms with E-state index in [2.05, 4.69) is 47.9 Å². The highest BCUT2D eigenvalue weighted by atomic mass is 15.1. The average Bonchev–Trinajstić information content (AvgIpc) is 2.41. The van der Waals surface area contributed by atoms with Crippen LogP contribution >= 0.6 is 0 Å². The molecule has 0 amide bonds. The molecule has 0 aliphatic heterocycles. The molecule has 3 heteroatoms. The molecule has 2 aromatic heterocycles. The second-order valence-electron chi connectivity index (χ2n) is 4.63. The zero-order valence-electron chi connectivity index (χ0n) is 11.2. The smallest absolute Gasteiger partial charge is 0.0417 e. The monoisotopic (exact) mass is 241 g/mol. The van der Waals surface area contributed by atoms with Crippen molar-refractivity contribution in [3.63, 3.8) is 0 Å². The molecule has 18 heavy (non-hydrogen) atoms. The van der Waals surface area contributed by atoms with Crippen molar-refractivity contribution in [3.8, 4) is 0 Å². The van der Waals surface area contributed by atoms with Crippen LogP contribution in [0.4, 0.5) is 0 Å². The van der Waals surface area contributed by atoms with Gasteiger partial charge < -0.3 is 0 Å². The van der Waals surface area contributed by atoms with Crippen LogP contribution in [0.15, 0.2) is 42.9 Å². The second kappa shape index (κ2) is 5.74. The molecule has 0 saturated carbocycles. The number of rotatable bonds is 4. The van der Waals surface area contributed by atoms with E-state index >= 15 is 0 Å². The number of aryl methyl sites for hydroxylation is 1. The Hall–Kier alpha value is -1.74. The lowest BCUT2D eigenvalue weighted by Crippen LogP contribution is -2.22. The van der Waals surface area contributed by atoms with Crippen LogP contribution in [0.25, 0.3) is 0 Å². The quantitative estimate of drug-likeness (QED) is 0.824. The third-order valence-corrected chi connectivity index (χ3v) is 3.36. The third kappa shape index (κ3) is 2.93. The first-order valence-electron chi connectivity index (χ1n) is 6.19. The summed E-state index contributed by atoms with van der Waals surface area (Å²) >= 11 is 0. The molecule has 0 unspecified atom stereocenters. The van der Waals surface area contributed by atoms with E-state index in [-0.39, 0.29) is 0 Å². The molecular formula is C15H19N3. The van der Waals surface area contributed by atoms with Gasteiger partial charge in [0.1, 0.15) is 0 Å². The van der Waals surface area contributed by atoms with Crippen LogP contribution < -0.4 is 0 Å². The standard InChI is InChI=1S/C15H19N3/c1-12-15(7-5-9-17-12)11-18(3)13(2)14-6-4-8-16-10-14/h4-10,13H,11H2,1-3H3/t13-/m0/s1. The van der Waals surface area contributed by atoms with Crippen LogP contribution in [-0.4, -0.2) is 21.9 Å². The van der Waals surface area contributed by atoms with E-state index in [1.54, 1.807) is 0 Å². The van der Waals surface area contributed by atoms with Crippen LogP contribution in [0, 0.1) is 6.92 Å². The van der Waals surface area contributed by atoms with Gasteiger partial charge in [0.15, 0.2) is 0 Å². The Labute approximate surface area is 109 Å². The maximum atomic E-state index is 4.33. The van der Waals surface area contributed by atoms with Crippen molar-refractivity contribution in [2.75, 3.05) is 7.05 Å². The van der Waals surface area contributed by atoms with Crippen molar-refractivity contribution >= 4 is 0 Å². The van der Waals surface area contributed by atoms with Crippen molar-refractivity contribution in [1.82, 2.24) is 14.9 Å². The van der Waals surface area contributed by atoms with Crippen LogP contribution in [0.3, 0.4) is 0 Å². The first kappa shape index (κ1) is 12.7. The predicted octanol–water partition coefficient (Wildman–Crippen LogP) is 2.98. The van der Waals surface area contributed by atoms with Crippen molar-refractivity contribution in [2.45, 2.75) is 26.4 Å². The molecule has 2 rings (SSSR count). The Balaban J connectivity index is 2.09. The number of nitrogens with zero attached hydrogens (tertiary/aromatic N) is 3. The molecule has 0 bridgehead atoms. The Kier molecular flexibility index (Phi) is 4.05. The highest BCUT2D eigenvalue weighted by Crippen LogP contribution is 2.20. The first-order chi connectivity index (χ1) is 8.68. The minimum Gasteiger partial charge on any atom is -0.295 e. The van der Waals surface area contributed by atoms with E-state index < -0.39 is 0 Å². The molecule has 0 radical (unpaired) electrons. The van der Waals surface area contributed by atoms with Gasteiger partial charge in [0, 0.05) is 36.9 Å². The molecule has 0 aliphatic carbocycles. The summed E-state index contributed by atoms with van der Waals surface area (Å²) < 4.78 is 0. The number of pyridine rings is 2. The summed E-state index contributed by atoms with van der Waals surface area (Å²) in [5.41, 5.74) is 3.61. The molecule has 2 aromatic rings. The molecule has 0 saturated heterocycles. The zero-order chi connectivity index (χ0) is 13.0. The Morgan fingerprint density at radius 3 is 2.67 bits per heavy atom.